The molecule has 0 saturated heterocycles. The Morgan fingerprint density at radius 2 is 0.541 bits per heavy atom. The van der Waals surface area contributed by atoms with Crippen LogP contribution >= 0.6 is 0 Å². The zero-order valence-electron chi connectivity index (χ0n) is 58.0. The van der Waals surface area contributed by atoms with E-state index in [9.17, 15) is 0 Å². The summed E-state index contributed by atoms with van der Waals surface area (Å²) in [6.07, 6.45) is 55.4. The van der Waals surface area contributed by atoms with Gasteiger partial charge in [-0.05, 0) is 82.3 Å². The minimum atomic E-state index is 0.503. The molecule has 0 saturated carbocycles. The fourth-order valence-corrected chi connectivity index (χ4v) is 11.2. The number of hydrogen-bond donors (Lipinski definition) is 0. The number of rotatable bonds is 39. The van der Waals surface area contributed by atoms with Crippen LogP contribution in [0.15, 0.2) is 0 Å². The van der Waals surface area contributed by atoms with Gasteiger partial charge in [-0.3, -0.25) is 0 Å². The van der Waals surface area contributed by atoms with Gasteiger partial charge in [0.2, 0.25) is 0 Å². The Morgan fingerprint density at radius 1 is 0.243 bits per heavy atom. The van der Waals surface area contributed by atoms with Crippen molar-refractivity contribution in [1.29, 1.82) is 0 Å². The lowest BCUT2D eigenvalue weighted by Gasteiger charge is -2.30. The Hall–Kier alpha value is 0. The van der Waals surface area contributed by atoms with Gasteiger partial charge < -0.3 is 0 Å². The molecule has 454 valence electrons. The second kappa shape index (κ2) is 53.6. The summed E-state index contributed by atoms with van der Waals surface area (Å²) in [7, 11) is 0. The molecule has 0 amide bonds. The third kappa shape index (κ3) is 68.1. The fraction of sp³-hybridized carbons (Fsp3) is 1.00. The zero-order chi connectivity index (χ0) is 58.0. The molecule has 0 aromatic carbocycles. The van der Waals surface area contributed by atoms with E-state index >= 15 is 0 Å². The molecule has 0 radical (unpaired) electrons. The molecule has 0 heteroatoms. The van der Waals surface area contributed by atoms with Gasteiger partial charge in [0.15, 0.2) is 0 Å². The van der Waals surface area contributed by atoms with Gasteiger partial charge in [0.1, 0.15) is 0 Å². The lowest BCUT2D eigenvalue weighted by molar-refractivity contribution is 0.205. The van der Waals surface area contributed by atoms with E-state index in [-0.39, 0.29) is 0 Å². The van der Waals surface area contributed by atoms with Crippen molar-refractivity contribution in [2.45, 2.75) is 424 Å². The first-order valence-electron chi connectivity index (χ1n) is 34.5. The van der Waals surface area contributed by atoms with Gasteiger partial charge >= 0.3 is 0 Å². The van der Waals surface area contributed by atoms with Crippen molar-refractivity contribution in [3.63, 3.8) is 0 Å². The SMILES string of the molecule is CCCCCCCC(C)CC(C)(C)C.CCCCCCCC(CC)CC(C)(C)C.CCCCCCCCC(C)C(C)(C)C.CCCCCCCCC(CC)C(C)(C)C.CCCCCCCCC(CCC)C(C)(C)C. The van der Waals surface area contributed by atoms with E-state index in [1.165, 1.54) is 250 Å². The van der Waals surface area contributed by atoms with Crippen molar-refractivity contribution >= 4 is 0 Å². The highest BCUT2D eigenvalue weighted by molar-refractivity contribution is 4.75. The molecule has 0 aromatic rings. The largest absolute Gasteiger partial charge is 0.0654 e. The molecule has 0 nitrogen and oxygen atoms in total. The van der Waals surface area contributed by atoms with Crippen molar-refractivity contribution < 1.29 is 0 Å². The maximum Gasteiger partial charge on any atom is -0.0354 e. The number of unbranched alkanes of at least 4 members (excludes halogenated alkanes) is 23. The summed E-state index contributed by atoms with van der Waals surface area (Å²) in [5.41, 5.74) is 2.56. The molecule has 0 heterocycles. The van der Waals surface area contributed by atoms with Crippen molar-refractivity contribution in [3.05, 3.63) is 0 Å². The van der Waals surface area contributed by atoms with Crippen LogP contribution in [-0.2, 0) is 0 Å². The molecule has 0 rings (SSSR count). The molecule has 0 spiro atoms. The third-order valence-electron chi connectivity index (χ3n) is 16.8. The molecule has 0 fully saturated rings. The summed E-state index contributed by atoms with van der Waals surface area (Å²) in [6.45, 7) is 58.8. The zero-order valence-corrected chi connectivity index (χ0v) is 58.0. The maximum atomic E-state index is 2.41. The van der Waals surface area contributed by atoms with Gasteiger partial charge in [0, 0.05) is 0 Å². The Kier molecular flexibility index (Phi) is 60.0. The number of hydrogen-bond acceptors (Lipinski definition) is 0. The lowest BCUT2D eigenvalue weighted by Crippen LogP contribution is -2.20. The minimum Gasteiger partial charge on any atom is -0.0654 e. The molecular formula is C74H158. The fourth-order valence-electron chi connectivity index (χ4n) is 11.2. The van der Waals surface area contributed by atoms with Crippen LogP contribution in [0.25, 0.3) is 0 Å². The molecular weight excluding hydrogens is 889 g/mol. The van der Waals surface area contributed by atoms with E-state index in [0.29, 0.717) is 27.1 Å². The molecule has 5 atom stereocenters. The lowest BCUT2D eigenvalue weighted by atomic mass is 9.75. The average Bonchev–Trinajstić information content (AvgIpc) is 3.29. The van der Waals surface area contributed by atoms with Crippen molar-refractivity contribution in [1.82, 2.24) is 0 Å². The highest BCUT2D eigenvalue weighted by Crippen LogP contribution is 2.35. The molecule has 0 aliphatic carbocycles. The summed E-state index contributed by atoms with van der Waals surface area (Å²) in [6, 6.07) is 0. The maximum absolute atomic E-state index is 2.41. The van der Waals surface area contributed by atoms with E-state index < -0.39 is 0 Å². The van der Waals surface area contributed by atoms with Crippen LogP contribution in [0.1, 0.15) is 424 Å². The van der Waals surface area contributed by atoms with Crippen LogP contribution in [0.5, 0.6) is 0 Å². The highest BCUT2D eigenvalue weighted by atomic mass is 14.3. The van der Waals surface area contributed by atoms with Crippen molar-refractivity contribution in [2.75, 3.05) is 0 Å². The Balaban J connectivity index is -0.000000268. The Morgan fingerprint density at radius 3 is 0.824 bits per heavy atom. The first-order chi connectivity index (χ1) is 34.5. The molecule has 0 aromatic heterocycles. The topological polar surface area (TPSA) is 0 Å². The minimum absolute atomic E-state index is 0.503. The Bertz CT molecular complexity index is 1030. The third-order valence-corrected chi connectivity index (χ3v) is 16.8. The summed E-state index contributed by atoms with van der Waals surface area (Å²) in [5, 5.41) is 0. The van der Waals surface area contributed by atoms with Crippen molar-refractivity contribution in [3.8, 4) is 0 Å². The van der Waals surface area contributed by atoms with Gasteiger partial charge in [0.05, 0.1) is 0 Å². The van der Waals surface area contributed by atoms with Gasteiger partial charge in [-0.25, -0.2) is 0 Å². The summed E-state index contributed by atoms with van der Waals surface area (Å²) < 4.78 is 0. The van der Waals surface area contributed by atoms with E-state index in [4.69, 9.17) is 0 Å². The molecule has 0 N–H and O–H groups in total. The summed E-state index contributed by atoms with van der Waals surface area (Å²) in [4.78, 5) is 0. The molecule has 74 heavy (non-hydrogen) atoms. The van der Waals surface area contributed by atoms with Gasteiger partial charge in [-0.1, -0.05) is 398 Å². The smallest absolute Gasteiger partial charge is 0.0354 e. The quantitative estimate of drug-likeness (QED) is 0.0538. The van der Waals surface area contributed by atoms with Crippen LogP contribution in [0.4, 0.5) is 0 Å². The van der Waals surface area contributed by atoms with Crippen LogP contribution < -0.4 is 0 Å². The summed E-state index contributed by atoms with van der Waals surface area (Å²) in [5.74, 6) is 4.60. The molecule has 0 bridgehead atoms. The predicted molar refractivity (Wildman–Crippen MR) is 352 cm³/mol. The molecule has 5 unspecified atom stereocenters. The second-order valence-electron chi connectivity index (χ2n) is 30.6. The van der Waals surface area contributed by atoms with E-state index in [0.717, 1.165) is 29.6 Å². The van der Waals surface area contributed by atoms with Crippen LogP contribution in [0.3, 0.4) is 0 Å². The van der Waals surface area contributed by atoms with Gasteiger partial charge in [-0.15, -0.1) is 0 Å². The monoisotopic (exact) mass is 1050 g/mol. The summed E-state index contributed by atoms with van der Waals surface area (Å²) >= 11 is 0. The molecule has 0 aliphatic rings. The van der Waals surface area contributed by atoms with Crippen molar-refractivity contribution in [2.24, 2.45) is 56.7 Å². The second-order valence-corrected chi connectivity index (χ2v) is 30.6. The van der Waals surface area contributed by atoms with E-state index in [1.807, 2.05) is 0 Å². The highest BCUT2D eigenvalue weighted by Gasteiger charge is 2.24. The van der Waals surface area contributed by atoms with Gasteiger partial charge in [0.25, 0.3) is 0 Å². The molecule has 0 aliphatic heterocycles. The van der Waals surface area contributed by atoms with Crippen LogP contribution in [0, 0.1) is 56.7 Å². The van der Waals surface area contributed by atoms with Crippen LogP contribution in [-0.4, -0.2) is 0 Å². The van der Waals surface area contributed by atoms with E-state index in [2.05, 4.69) is 173 Å². The van der Waals surface area contributed by atoms with Crippen LogP contribution in [0.2, 0.25) is 0 Å². The standard InChI is InChI=1S/C16H34.2C15H32.2C14H30/c1-6-8-9-10-11-12-14-15(13-7-2)16(3,4)5;1-6-8-9-10-11-12-14(7-2)13-15(3,4)5;1-6-8-9-10-11-12-13-14(7-2)15(3,4)5;1-6-7-8-9-10-11-13(2)12-14(3,4)5;1-6-7-8-9-10-11-12-13(2)14(3,4)5/h15H,6-14H2,1-5H3;2*14H,6-13H2,1-5H3;2*13H,6-12H2,1-5H3. The first kappa shape index (κ1) is 82.8. The average molecular weight is 1050 g/mol. The van der Waals surface area contributed by atoms with E-state index in [1.54, 1.807) is 0 Å². The normalized spacial score (nSPS) is 14.2. The van der Waals surface area contributed by atoms with Gasteiger partial charge in [-0.2, -0.15) is 0 Å². The predicted octanol–water partition coefficient (Wildman–Crippen LogP) is 28.7. The first-order valence-corrected chi connectivity index (χ1v) is 34.5. The Labute approximate surface area is 477 Å².